The number of hydrogen-bond acceptors (Lipinski definition) is 3. The van der Waals surface area contributed by atoms with Crippen molar-refractivity contribution in [2.24, 2.45) is 16.6 Å². The van der Waals surface area contributed by atoms with Gasteiger partial charge in [-0.15, -0.1) is 0 Å². The maximum Gasteiger partial charge on any atom is 0.408 e. The Balaban J connectivity index is 2.27. The molecule has 0 bridgehead atoms. The number of benzene rings is 1. The van der Waals surface area contributed by atoms with Crippen LogP contribution in [0.15, 0.2) is 30.3 Å². The minimum atomic E-state index is -0.514. The Bertz CT molecular complexity index is 534. The zero-order valence-electron chi connectivity index (χ0n) is 14.3. The standard InChI is InChI=1S/C18H28N2O2/c1-16(2,3)22-15(21)20-14(13-9-7-6-8-10-13)18(12-19)11-17(18,4)5/h6-10,14H,11-12,19H2,1-5H3,(H,20,21). The number of carbonyl (C=O) groups is 1. The molecule has 0 heterocycles. The van der Waals surface area contributed by atoms with Gasteiger partial charge in [-0.1, -0.05) is 44.2 Å². The molecule has 3 N–H and O–H groups in total. The highest BCUT2D eigenvalue weighted by Crippen LogP contribution is 2.68. The Morgan fingerprint density at radius 2 is 1.86 bits per heavy atom. The van der Waals surface area contributed by atoms with Crippen LogP contribution in [0.5, 0.6) is 0 Å². The molecule has 1 aliphatic carbocycles. The Morgan fingerprint density at radius 3 is 2.27 bits per heavy atom. The second kappa shape index (κ2) is 5.58. The fourth-order valence-corrected chi connectivity index (χ4v) is 3.31. The topological polar surface area (TPSA) is 64.3 Å². The van der Waals surface area contributed by atoms with Crippen molar-refractivity contribution in [1.29, 1.82) is 0 Å². The van der Waals surface area contributed by atoms with Crippen LogP contribution >= 0.6 is 0 Å². The molecule has 1 aromatic carbocycles. The first-order valence-corrected chi connectivity index (χ1v) is 7.86. The number of ether oxygens (including phenoxy) is 1. The highest BCUT2D eigenvalue weighted by Gasteiger charge is 2.64. The molecule has 1 amide bonds. The minimum Gasteiger partial charge on any atom is -0.444 e. The van der Waals surface area contributed by atoms with Crippen molar-refractivity contribution in [2.75, 3.05) is 6.54 Å². The number of carbonyl (C=O) groups excluding carboxylic acids is 1. The molecule has 2 unspecified atom stereocenters. The molecule has 1 fully saturated rings. The predicted molar refractivity (Wildman–Crippen MR) is 88.4 cm³/mol. The summed E-state index contributed by atoms with van der Waals surface area (Å²) in [6.07, 6.45) is 0.600. The molecule has 0 aliphatic heterocycles. The Kier molecular flexibility index (Phi) is 4.26. The van der Waals surface area contributed by atoms with Gasteiger partial charge in [0.15, 0.2) is 0 Å². The van der Waals surface area contributed by atoms with Gasteiger partial charge in [-0.05, 0) is 38.2 Å². The lowest BCUT2D eigenvalue weighted by Crippen LogP contribution is -2.42. The van der Waals surface area contributed by atoms with Gasteiger partial charge in [0.05, 0.1) is 6.04 Å². The fourth-order valence-electron chi connectivity index (χ4n) is 3.31. The van der Waals surface area contributed by atoms with Crippen molar-refractivity contribution in [3.8, 4) is 0 Å². The minimum absolute atomic E-state index is 0.108. The number of amides is 1. The van der Waals surface area contributed by atoms with Crippen molar-refractivity contribution in [3.05, 3.63) is 35.9 Å². The molecule has 0 radical (unpaired) electrons. The van der Waals surface area contributed by atoms with Crippen LogP contribution < -0.4 is 11.1 Å². The van der Waals surface area contributed by atoms with Crippen LogP contribution in [0, 0.1) is 10.8 Å². The summed E-state index contributed by atoms with van der Waals surface area (Å²) in [5, 5.41) is 3.06. The van der Waals surface area contributed by atoms with E-state index in [1.165, 1.54) is 0 Å². The molecular formula is C18H28N2O2. The maximum absolute atomic E-state index is 12.3. The summed E-state index contributed by atoms with van der Waals surface area (Å²) in [6.45, 7) is 10.5. The SMILES string of the molecule is CC(C)(C)OC(=O)NC(c1ccccc1)C1(CN)CC1(C)C. The van der Waals surface area contributed by atoms with Gasteiger partial charge in [0.25, 0.3) is 0 Å². The van der Waals surface area contributed by atoms with Gasteiger partial charge in [0, 0.05) is 12.0 Å². The van der Waals surface area contributed by atoms with Crippen molar-refractivity contribution < 1.29 is 9.53 Å². The molecule has 0 saturated heterocycles. The largest absolute Gasteiger partial charge is 0.444 e. The van der Waals surface area contributed by atoms with Crippen molar-refractivity contribution in [3.63, 3.8) is 0 Å². The fraction of sp³-hybridized carbons (Fsp3) is 0.611. The Labute approximate surface area is 133 Å². The van der Waals surface area contributed by atoms with Gasteiger partial charge in [-0.2, -0.15) is 0 Å². The quantitative estimate of drug-likeness (QED) is 0.893. The smallest absolute Gasteiger partial charge is 0.408 e. The molecule has 22 heavy (non-hydrogen) atoms. The molecule has 122 valence electrons. The summed E-state index contributed by atoms with van der Waals surface area (Å²) >= 11 is 0. The first-order valence-electron chi connectivity index (χ1n) is 7.86. The summed E-state index contributed by atoms with van der Waals surface area (Å²) in [7, 11) is 0. The van der Waals surface area contributed by atoms with E-state index in [4.69, 9.17) is 10.5 Å². The van der Waals surface area contributed by atoms with Gasteiger partial charge < -0.3 is 15.8 Å². The van der Waals surface area contributed by atoms with Gasteiger partial charge in [0.2, 0.25) is 0 Å². The van der Waals surface area contributed by atoms with Gasteiger partial charge >= 0.3 is 6.09 Å². The van der Waals surface area contributed by atoms with E-state index in [0.717, 1.165) is 12.0 Å². The average Bonchev–Trinajstić information content (AvgIpc) is 2.98. The molecule has 4 nitrogen and oxygen atoms in total. The summed E-state index contributed by atoms with van der Waals surface area (Å²) in [4.78, 5) is 12.3. The van der Waals surface area contributed by atoms with Crippen LogP contribution in [-0.2, 0) is 4.74 Å². The zero-order valence-corrected chi connectivity index (χ0v) is 14.3. The molecule has 1 saturated carbocycles. The van der Waals surface area contributed by atoms with E-state index in [1.807, 2.05) is 51.1 Å². The van der Waals surface area contributed by atoms with Crippen molar-refractivity contribution in [1.82, 2.24) is 5.32 Å². The molecule has 0 spiro atoms. The molecule has 2 rings (SSSR count). The third-order valence-electron chi connectivity index (χ3n) is 4.69. The first kappa shape index (κ1) is 16.8. The summed E-state index contributed by atoms with van der Waals surface area (Å²) in [5.41, 5.74) is 6.64. The number of nitrogens with one attached hydrogen (secondary N) is 1. The second-order valence-corrected chi connectivity index (χ2v) is 7.91. The predicted octanol–water partition coefficient (Wildman–Crippen LogP) is 3.63. The monoisotopic (exact) mass is 304 g/mol. The molecule has 1 aromatic rings. The maximum atomic E-state index is 12.3. The zero-order chi connectivity index (χ0) is 16.6. The van der Waals surface area contributed by atoms with Crippen LogP contribution in [-0.4, -0.2) is 18.2 Å². The third kappa shape index (κ3) is 3.27. The third-order valence-corrected chi connectivity index (χ3v) is 4.69. The Hall–Kier alpha value is -1.55. The van der Waals surface area contributed by atoms with Gasteiger partial charge in [-0.3, -0.25) is 0 Å². The lowest BCUT2D eigenvalue weighted by atomic mass is 9.84. The van der Waals surface area contributed by atoms with Gasteiger partial charge in [-0.25, -0.2) is 4.79 Å². The number of alkyl carbamates (subject to hydrolysis) is 1. The van der Waals surface area contributed by atoms with Crippen LogP contribution in [0.25, 0.3) is 0 Å². The van der Waals surface area contributed by atoms with Crippen LogP contribution in [0.2, 0.25) is 0 Å². The number of rotatable bonds is 4. The van der Waals surface area contributed by atoms with E-state index in [2.05, 4.69) is 19.2 Å². The van der Waals surface area contributed by atoms with E-state index < -0.39 is 11.7 Å². The van der Waals surface area contributed by atoms with E-state index in [0.29, 0.717) is 6.54 Å². The lowest BCUT2D eigenvalue weighted by Gasteiger charge is -2.32. The van der Waals surface area contributed by atoms with Crippen molar-refractivity contribution in [2.45, 2.75) is 52.7 Å². The van der Waals surface area contributed by atoms with E-state index >= 15 is 0 Å². The summed E-state index contributed by atoms with van der Waals surface area (Å²) in [5.74, 6) is 0. The lowest BCUT2D eigenvalue weighted by molar-refractivity contribution is 0.0470. The summed E-state index contributed by atoms with van der Waals surface area (Å²) < 4.78 is 5.43. The number of hydrogen-bond donors (Lipinski definition) is 2. The normalized spacial score (nSPS) is 24.5. The molecular weight excluding hydrogens is 276 g/mol. The van der Waals surface area contributed by atoms with Crippen LogP contribution in [0.4, 0.5) is 4.79 Å². The Morgan fingerprint density at radius 1 is 1.32 bits per heavy atom. The molecule has 4 heteroatoms. The van der Waals surface area contributed by atoms with Crippen molar-refractivity contribution >= 4 is 6.09 Å². The molecule has 2 atom stereocenters. The first-order chi connectivity index (χ1) is 10.1. The summed E-state index contributed by atoms with van der Waals surface area (Å²) in [6, 6.07) is 9.88. The van der Waals surface area contributed by atoms with Crippen LogP contribution in [0.1, 0.15) is 52.6 Å². The highest BCUT2D eigenvalue weighted by atomic mass is 16.6. The van der Waals surface area contributed by atoms with Gasteiger partial charge in [0.1, 0.15) is 5.60 Å². The van der Waals surface area contributed by atoms with E-state index in [9.17, 15) is 4.79 Å². The second-order valence-electron chi connectivity index (χ2n) is 7.91. The van der Waals surface area contributed by atoms with E-state index in [-0.39, 0.29) is 16.9 Å². The average molecular weight is 304 g/mol. The molecule has 1 aliphatic rings. The van der Waals surface area contributed by atoms with Crippen LogP contribution in [0.3, 0.4) is 0 Å². The number of nitrogens with two attached hydrogens (primary N) is 1. The molecule has 0 aromatic heterocycles. The highest BCUT2D eigenvalue weighted by molar-refractivity contribution is 5.69. The van der Waals surface area contributed by atoms with E-state index in [1.54, 1.807) is 0 Å².